The van der Waals surface area contributed by atoms with E-state index in [9.17, 15) is 4.39 Å². The highest BCUT2D eigenvalue weighted by Gasteiger charge is 2.44. The highest BCUT2D eigenvalue weighted by atomic mass is 35.5. The monoisotopic (exact) mass is 180 g/mol. The van der Waals surface area contributed by atoms with Crippen LogP contribution in [-0.2, 0) is 0 Å². The zero-order valence-electron chi connectivity index (χ0n) is 6.40. The van der Waals surface area contributed by atoms with E-state index < -0.39 is 6.17 Å². The summed E-state index contributed by atoms with van der Waals surface area (Å²) in [4.78, 5) is 0. The first kappa shape index (κ1) is 9.23. The molecule has 2 nitrogen and oxygen atoms in total. The molecule has 0 aromatic heterocycles. The van der Waals surface area contributed by atoms with Crippen molar-refractivity contribution in [2.24, 2.45) is 0 Å². The molecule has 2 N–H and O–H groups in total. The van der Waals surface area contributed by atoms with Gasteiger partial charge in [0, 0.05) is 6.54 Å². The number of hydrogen-bond donors (Lipinski definition) is 2. The van der Waals surface area contributed by atoms with Crippen molar-refractivity contribution in [1.29, 1.82) is 0 Å². The highest BCUT2D eigenvalue weighted by molar-refractivity contribution is 5.85. The minimum Gasteiger partial charge on any atom is -0.315 e. The number of halogens is 2. The summed E-state index contributed by atoms with van der Waals surface area (Å²) in [5, 5.41) is 6.43. The van der Waals surface area contributed by atoms with Crippen molar-refractivity contribution in [3.8, 4) is 0 Å². The summed E-state index contributed by atoms with van der Waals surface area (Å²) in [6, 6.07) is 0. The van der Waals surface area contributed by atoms with E-state index >= 15 is 0 Å². The van der Waals surface area contributed by atoms with Crippen LogP contribution < -0.4 is 10.6 Å². The quantitative estimate of drug-likeness (QED) is 0.567. The van der Waals surface area contributed by atoms with Gasteiger partial charge >= 0.3 is 0 Å². The molecule has 2 atom stereocenters. The smallest absolute Gasteiger partial charge is 0.121 e. The van der Waals surface area contributed by atoms with Gasteiger partial charge in [0.2, 0.25) is 0 Å². The van der Waals surface area contributed by atoms with Crippen LogP contribution >= 0.6 is 12.4 Å². The fourth-order valence-electron chi connectivity index (χ4n) is 1.96. The Balaban J connectivity index is 0.000000605. The van der Waals surface area contributed by atoms with E-state index in [0.717, 1.165) is 26.1 Å². The molecule has 2 aliphatic rings. The van der Waals surface area contributed by atoms with Crippen molar-refractivity contribution in [3.63, 3.8) is 0 Å². The van der Waals surface area contributed by atoms with Crippen LogP contribution in [0.2, 0.25) is 0 Å². The normalized spacial score (nSPS) is 42.8. The molecule has 2 aliphatic heterocycles. The van der Waals surface area contributed by atoms with Crippen molar-refractivity contribution >= 4 is 12.4 Å². The zero-order valence-corrected chi connectivity index (χ0v) is 7.22. The lowest BCUT2D eigenvalue weighted by molar-refractivity contribution is 0.218. The lowest BCUT2D eigenvalue weighted by atomic mass is 9.95. The Bertz CT molecular complexity index is 131. The van der Waals surface area contributed by atoms with Gasteiger partial charge < -0.3 is 10.6 Å². The Morgan fingerprint density at radius 2 is 2.18 bits per heavy atom. The summed E-state index contributed by atoms with van der Waals surface area (Å²) in [6.45, 7) is 2.63. The van der Waals surface area contributed by atoms with Gasteiger partial charge in [-0.25, -0.2) is 4.39 Å². The van der Waals surface area contributed by atoms with Crippen LogP contribution in [0.3, 0.4) is 0 Å². The van der Waals surface area contributed by atoms with E-state index in [2.05, 4.69) is 10.6 Å². The third-order valence-electron chi connectivity index (χ3n) is 2.66. The minimum atomic E-state index is -0.623. The Labute approximate surface area is 72.3 Å². The van der Waals surface area contributed by atoms with Gasteiger partial charge in [-0.2, -0.15) is 0 Å². The van der Waals surface area contributed by atoms with Crippen LogP contribution in [0.5, 0.6) is 0 Å². The van der Waals surface area contributed by atoms with Crippen LogP contribution in [0.4, 0.5) is 4.39 Å². The first-order valence-electron chi connectivity index (χ1n) is 3.93. The molecule has 2 fully saturated rings. The second-order valence-electron chi connectivity index (χ2n) is 3.27. The predicted molar refractivity (Wildman–Crippen MR) is 45.0 cm³/mol. The summed E-state index contributed by atoms with van der Waals surface area (Å²) in [6.07, 6.45) is 1.03. The highest BCUT2D eigenvalue weighted by Crippen LogP contribution is 2.28. The van der Waals surface area contributed by atoms with E-state index in [1.807, 2.05) is 0 Å². The average Bonchev–Trinajstić information content (AvgIpc) is 2.48. The maximum atomic E-state index is 13.2. The van der Waals surface area contributed by atoms with Gasteiger partial charge in [-0.05, 0) is 25.9 Å². The maximum Gasteiger partial charge on any atom is 0.121 e. The Hall–Kier alpha value is 0.140. The first-order chi connectivity index (χ1) is 4.83. The van der Waals surface area contributed by atoms with E-state index in [0.29, 0.717) is 6.42 Å². The largest absolute Gasteiger partial charge is 0.315 e. The molecule has 0 radical (unpaired) electrons. The fraction of sp³-hybridized carbons (Fsp3) is 1.00. The second-order valence-corrected chi connectivity index (χ2v) is 3.27. The van der Waals surface area contributed by atoms with Crippen molar-refractivity contribution in [1.82, 2.24) is 10.6 Å². The third kappa shape index (κ3) is 1.37. The SMILES string of the molecule is Cl.FC1CCNC12CCNC2. The van der Waals surface area contributed by atoms with Crippen LogP contribution in [0.15, 0.2) is 0 Å². The Morgan fingerprint density at radius 3 is 2.64 bits per heavy atom. The molecule has 2 saturated heterocycles. The summed E-state index contributed by atoms with van der Waals surface area (Å²) in [5.74, 6) is 0. The second kappa shape index (κ2) is 3.25. The van der Waals surface area contributed by atoms with Crippen LogP contribution in [0, 0.1) is 0 Å². The average molecular weight is 181 g/mol. The molecular weight excluding hydrogens is 167 g/mol. The molecule has 11 heavy (non-hydrogen) atoms. The van der Waals surface area contributed by atoms with Crippen LogP contribution in [0.25, 0.3) is 0 Å². The van der Waals surface area contributed by atoms with E-state index in [1.165, 1.54) is 0 Å². The minimum absolute atomic E-state index is 0. The Morgan fingerprint density at radius 1 is 1.36 bits per heavy atom. The third-order valence-corrected chi connectivity index (χ3v) is 2.66. The van der Waals surface area contributed by atoms with Crippen molar-refractivity contribution in [2.75, 3.05) is 19.6 Å². The van der Waals surface area contributed by atoms with Crippen molar-refractivity contribution in [2.45, 2.75) is 24.6 Å². The molecule has 2 rings (SSSR count). The molecule has 0 aromatic rings. The summed E-state index contributed by atoms with van der Waals surface area (Å²) >= 11 is 0. The van der Waals surface area contributed by atoms with Crippen LogP contribution in [0.1, 0.15) is 12.8 Å². The Kier molecular flexibility index (Phi) is 2.73. The number of nitrogens with one attached hydrogen (secondary N) is 2. The summed E-state index contributed by atoms with van der Waals surface area (Å²) in [7, 11) is 0. The van der Waals surface area contributed by atoms with E-state index in [-0.39, 0.29) is 17.9 Å². The fourth-order valence-corrected chi connectivity index (χ4v) is 1.96. The van der Waals surface area contributed by atoms with E-state index in [4.69, 9.17) is 0 Å². The van der Waals surface area contributed by atoms with Crippen LogP contribution in [-0.4, -0.2) is 31.3 Å². The maximum absolute atomic E-state index is 13.2. The lowest BCUT2D eigenvalue weighted by Gasteiger charge is -2.24. The number of rotatable bonds is 0. The summed E-state index contributed by atoms with van der Waals surface area (Å²) in [5.41, 5.74) is -0.181. The number of hydrogen-bond acceptors (Lipinski definition) is 2. The lowest BCUT2D eigenvalue weighted by Crippen LogP contribution is -2.47. The molecule has 1 spiro atoms. The standard InChI is InChI=1S/C7H13FN2.ClH/c8-6-1-3-10-7(6)2-4-9-5-7;/h6,9-10H,1-5H2;1H. The van der Waals surface area contributed by atoms with Gasteiger partial charge in [-0.15, -0.1) is 12.4 Å². The molecule has 0 amide bonds. The molecule has 66 valence electrons. The molecular formula is C7H14ClFN2. The van der Waals surface area contributed by atoms with Gasteiger partial charge in [0.15, 0.2) is 0 Å². The van der Waals surface area contributed by atoms with Gasteiger partial charge in [0.25, 0.3) is 0 Å². The van der Waals surface area contributed by atoms with E-state index in [1.54, 1.807) is 0 Å². The molecule has 2 unspecified atom stereocenters. The van der Waals surface area contributed by atoms with Gasteiger partial charge in [0.1, 0.15) is 6.17 Å². The molecule has 0 aromatic carbocycles. The van der Waals surface area contributed by atoms with Crippen molar-refractivity contribution < 1.29 is 4.39 Å². The molecule has 0 bridgehead atoms. The zero-order chi connectivity index (χ0) is 7.03. The van der Waals surface area contributed by atoms with Gasteiger partial charge in [-0.1, -0.05) is 0 Å². The molecule has 0 aliphatic carbocycles. The topological polar surface area (TPSA) is 24.1 Å². The number of alkyl halides is 1. The van der Waals surface area contributed by atoms with Gasteiger partial charge in [-0.3, -0.25) is 0 Å². The predicted octanol–water partition coefficient (Wildman–Crippen LogP) is 0.472. The summed E-state index contributed by atoms with van der Waals surface area (Å²) < 4.78 is 13.2. The molecule has 2 heterocycles. The van der Waals surface area contributed by atoms with Gasteiger partial charge in [0.05, 0.1) is 5.54 Å². The van der Waals surface area contributed by atoms with Crippen molar-refractivity contribution in [3.05, 3.63) is 0 Å². The molecule has 4 heteroatoms. The first-order valence-corrected chi connectivity index (χ1v) is 3.93. The molecule has 0 saturated carbocycles.